The Labute approximate surface area is 121 Å². The van der Waals surface area contributed by atoms with Crippen LogP contribution < -0.4 is 4.74 Å². The molecule has 0 aliphatic heterocycles. The average Bonchev–Trinajstić information content (AvgIpc) is 2.77. The SMILES string of the molecule is CC(=O)c1sc2ccccc2c1OCCCCC(=O)O. The van der Waals surface area contributed by atoms with Crippen molar-refractivity contribution in [2.24, 2.45) is 0 Å². The number of rotatable bonds is 7. The molecule has 4 nitrogen and oxygen atoms in total. The van der Waals surface area contributed by atoms with E-state index < -0.39 is 5.97 Å². The summed E-state index contributed by atoms with van der Waals surface area (Å²) in [7, 11) is 0. The predicted molar refractivity (Wildman–Crippen MR) is 78.8 cm³/mol. The van der Waals surface area contributed by atoms with Gasteiger partial charge in [-0.3, -0.25) is 9.59 Å². The number of aliphatic carboxylic acids is 1. The zero-order chi connectivity index (χ0) is 14.5. The van der Waals surface area contributed by atoms with E-state index in [1.54, 1.807) is 0 Å². The van der Waals surface area contributed by atoms with Gasteiger partial charge in [0.2, 0.25) is 0 Å². The van der Waals surface area contributed by atoms with Crippen molar-refractivity contribution >= 4 is 33.2 Å². The topological polar surface area (TPSA) is 63.6 Å². The minimum Gasteiger partial charge on any atom is -0.491 e. The van der Waals surface area contributed by atoms with Crippen LogP contribution in [0, 0.1) is 0 Å². The van der Waals surface area contributed by atoms with E-state index in [1.807, 2.05) is 24.3 Å². The summed E-state index contributed by atoms with van der Waals surface area (Å²) in [6.45, 7) is 1.95. The lowest BCUT2D eigenvalue weighted by atomic mass is 10.2. The molecule has 0 fully saturated rings. The van der Waals surface area contributed by atoms with Crippen molar-refractivity contribution in [3.8, 4) is 5.75 Å². The number of hydrogen-bond acceptors (Lipinski definition) is 4. The molecule has 5 heteroatoms. The normalized spacial score (nSPS) is 10.7. The maximum Gasteiger partial charge on any atom is 0.303 e. The third kappa shape index (κ3) is 3.36. The van der Waals surface area contributed by atoms with E-state index in [-0.39, 0.29) is 12.2 Å². The summed E-state index contributed by atoms with van der Waals surface area (Å²) in [5.41, 5.74) is 0. The quantitative estimate of drug-likeness (QED) is 0.623. The molecule has 1 N–H and O–H groups in total. The number of ether oxygens (including phenoxy) is 1. The molecule has 20 heavy (non-hydrogen) atoms. The Morgan fingerprint density at radius 1 is 1.25 bits per heavy atom. The number of benzene rings is 1. The lowest BCUT2D eigenvalue weighted by Crippen LogP contribution is -2.02. The number of hydrogen-bond donors (Lipinski definition) is 1. The second-order valence-electron chi connectivity index (χ2n) is 4.51. The smallest absolute Gasteiger partial charge is 0.303 e. The Kier molecular flexibility index (Phi) is 4.74. The molecule has 0 radical (unpaired) electrons. The molecule has 0 aliphatic rings. The number of ketones is 1. The fourth-order valence-electron chi connectivity index (χ4n) is 1.95. The summed E-state index contributed by atoms with van der Waals surface area (Å²) >= 11 is 1.43. The van der Waals surface area contributed by atoms with Gasteiger partial charge in [0.1, 0.15) is 10.6 Å². The van der Waals surface area contributed by atoms with Crippen molar-refractivity contribution in [2.75, 3.05) is 6.61 Å². The Bertz CT molecular complexity index is 630. The van der Waals surface area contributed by atoms with Crippen molar-refractivity contribution in [1.29, 1.82) is 0 Å². The highest BCUT2D eigenvalue weighted by molar-refractivity contribution is 7.21. The molecular weight excluding hydrogens is 276 g/mol. The Morgan fingerprint density at radius 2 is 2.00 bits per heavy atom. The summed E-state index contributed by atoms with van der Waals surface area (Å²) in [5, 5.41) is 9.52. The highest BCUT2D eigenvalue weighted by Gasteiger charge is 2.16. The highest BCUT2D eigenvalue weighted by Crippen LogP contribution is 2.38. The second-order valence-corrected chi connectivity index (χ2v) is 5.56. The average molecular weight is 292 g/mol. The van der Waals surface area contributed by atoms with Crippen LogP contribution in [0.5, 0.6) is 5.75 Å². The second kappa shape index (κ2) is 6.52. The van der Waals surface area contributed by atoms with E-state index in [4.69, 9.17) is 9.84 Å². The fraction of sp³-hybridized carbons (Fsp3) is 0.333. The van der Waals surface area contributed by atoms with Gasteiger partial charge < -0.3 is 9.84 Å². The minimum absolute atomic E-state index is 0.00765. The summed E-state index contributed by atoms with van der Waals surface area (Å²) in [4.78, 5) is 22.7. The van der Waals surface area contributed by atoms with Crippen LogP contribution in [0.3, 0.4) is 0 Å². The molecule has 106 valence electrons. The molecule has 1 aromatic heterocycles. The zero-order valence-electron chi connectivity index (χ0n) is 11.2. The first-order chi connectivity index (χ1) is 9.59. The molecule has 0 unspecified atom stereocenters. The Hall–Kier alpha value is -1.88. The van der Waals surface area contributed by atoms with E-state index in [0.29, 0.717) is 30.1 Å². The van der Waals surface area contributed by atoms with Crippen LogP contribution in [0.15, 0.2) is 24.3 Å². The maximum absolute atomic E-state index is 11.7. The van der Waals surface area contributed by atoms with Gasteiger partial charge in [-0.2, -0.15) is 0 Å². The minimum atomic E-state index is -0.796. The lowest BCUT2D eigenvalue weighted by molar-refractivity contribution is -0.137. The van der Waals surface area contributed by atoms with E-state index in [9.17, 15) is 9.59 Å². The zero-order valence-corrected chi connectivity index (χ0v) is 12.0. The molecule has 1 aromatic carbocycles. The highest BCUT2D eigenvalue weighted by atomic mass is 32.1. The Morgan fingerprint density at radius 3 is 2.70 bits per heavy atom. The number of carboxylic acids is 1. The van der Waals surface area contributed by atoms with Gasteiger partial charge >= 0.3 is 5.97 Å². The summed E-state index contributed by atoms with van der Waals surface area (Å²) in [6.07, 6.45) is 1.38. The molecule has 0 spiro atoms. The molecule has 0 atom stereocenters. The lowest BCUT2D eigenvalue weighted by Gasteiger charge is -2.06. The molecule has 2 aromatic rings. The molecular formula is C15H16O4S. The van der Waals surface area contributed by atoms with Crippen LogP contribution in [-0.4, -0.2) is 23.5 Å². The number of Topliss-reactive ketones (excluding diaryl/α,β-unsaturated/α-hetero) is 1. The number of carbonyl (C=O) groups excluding carboxylic acids is 1. The Balaban J connectivity index is 2.09. The number of thiophene rings is 1. The van der Waals surface area contributed by atoms with Gasteiger partial charge in [-0.25, -0.2) is 0 Å². The number of carbonyl (C=O) groups is 2. The van der Waals surface area contributed by atoms with Gasteiger partial charge in [0.15, 0.2) is 5.78 Å². The number of unbranched alkanes of at least 4 members (excludes halogenated alkanes) is 1. The molecule has 0 amide bonds. The van der Waals surface area contributed by atoms with Gasteiger partial charge in [0.05, 0.1) is 6.61 Å². The first kappa shape index (κ1) is 14.5. The maximum atomic E-state index is 11.7. The fourth-order valence-corrected chi connectivity index (χ4v) is 2.99. The first-order valence-electron chi connectivity index (χ1n) is 6.46. The molecule has 0 saturated heterocycles. The standard InChI is InChI=1S/C15H16O4S/c1-10(16)15-14(19-9-5-4-8-13(17)18)11-6-2-3-7-12(11)20-15/h2-3,6-7H,4-5,8-9H2,1H3,(H,17,18). The largest absolute Gasteiger partial charge is 0.491 e. The summed E-state index contributed by atoms with van der Waals surface area (Å²) in [5.74, 6) is -0.171. The van der Waals surface area contributed by atoms with Crippen molar-refractivity contribution in [3.05, 3.63) is 29.1 Å². The molecule has 0 bridgehead atoms. The van der Waals surface area contributed by atoms with E-state index >= 15 is 0 Å². The van der Waals surface area contributed by atoms with E-state index in [0.717, 1.165) is 10.1 Å². The van der Waals surface area contributed by atoms with Crippen LogP contribution in [0.25, 0.3) is 10.1 Å². The van der Waals surface area contributed by atoms with E-state index in [1.165, 1.54) is 18.3 Å². The van der Waals surface area contributed by atoms with E-state index in [2.05, 4.69) is 0 Å². The molecule has 1 heterocycles. The van der Waals surface area contributed by atoms with Crippen LogP contribution in [0.1, 0.15) is 35.9 Å². The van der Waals surface area contributed by atoms with Gasteiger partial charge in [-0.1, -0.05) is 12.1 Å². The van der Waals surface area contributed by atoms with Gasteiger partial charge in [0, 0.05) is 23.4 Å². The van der Waals surface area contributed by atoms with Gasteiger partial charge in [-0.05, 0) is 25.0 Å². The number of carboxylic acid groups (broad SMARTS) is 1. The third-order valence-electron chi connectivity index (χ3n) is 2.90. The number of fused-ring (bicyclic) bond motifs is 1. The van der Waals surface area contributed by atoms with Gasteiger partial charge in [0.25, 0.3) is 0 Å². The first-order valence-corrected chi connectivity index (χ1v) is 7.28. The van der Waals surface area contributed by atoms with Crippen molar-refractivity contribution in [1.82, 2.24) is 0 Å². The predicted octanol–water partition coefficient (Wildman–Crippen LogP) is 3.74. The van der Waals surface area contributed by atoms with Gasteiger partial charge in [-0.15, -0.1) is 11.3 Å². The van der Waals surface area contributed by atoms with Crippen molar-refractivity contribution < 1.29 is 19.4 Å². The summed E-state index contributed by atoms with van der Waals surface area (Å²) in [6, 6.07) is 7.74. The van der Waals surface area contributed by atoms with Crippen LogP contribution >= 0.6 is 11.3 Å². The monoisotopic (exact) mass is 292 g/mol. The molecule has 0 saturated carbocycles. The third-order valence-corrected chi connectivity index (χ3v) is 4.15. The van der Waals surface area contributed by atoms with Crippen molar-refractivity contribution in [3.63, 3.8) is 0 Å². The van der Waals surface area contributed by atoms with Crippen molar-refractivity contribution in [2.45, 2.75) is 26.2 Å². The summed E-state index contributed by atoms with van der Waals surface area (Å²) < 4.78 is 6.76. The molecule has 2 rings (SSSR count). The van der Waals surface area contributed by atoms with Crippen LogP contribution in [0.2, 0.25) is 0 Å². The molecule has 0 aliphatic carbocycles. The van der Waals surface area contributed by atoms with Crippen LogP contribution in [0.4, 0.5) is 0 Å². The van der Waals surface area contributed by atoms with Crippen LogP contribution in [-0.2, 0) is 4.79 Å².